The van der Waals surface area contributed by atoms with Crippen LogP contribution >= 0.6 is 23.2 Å². The van der Waals surface area contributed by atoms with Crippen LogP contribution in [0, 0.1) is 0 Å². The largest absolute Gasteiger partial charge is 0.344 e. The minimum Gasteiger partial charge on any atom is -0.344 e. The van der Waals surface area contributed by atoms with E-state index in [9.17, 15) is 9.59 Å². The molecule has 0 saturated heterocycles. The fourth-order valence-electron chi connectivity index (χ4n) is 0. The summed E-state index contributed by atoms with van der Waals surface area (Å²) in [6, 6.07) is 0. The van der Waals surface area contributed by atoms with Crippen molar-refractivity contribution in [2.24, 2.45) is 0 Å². The summed E-state index contributed by atoms with van der Waals surface area (Å²) in [5.41, 5.74) is 0. The second kappa shape index (κ2) is 4.05. The molecule has 0 bridgehead atoms. The van der Waals surface area contributed by atoms with Crippen LogP contribution in [-0.4, -0.2) is 10.5 Å². The first-order chi connectivity index (χ1) is 2.64. The van der Waals surface area contributed by atoms with E-state index in [4.69, 9.17) is 0 Å². The van der Waals surface area contributed by atoms with E-state index in [1.54, 1.807) is 0 Å². The molecule has 3 N–H and O–H groups in total. The van der Waals surface area contributed by atoms with Gasteiger partial charge in [-0.3, -0.25) is 9.59 Å². The van der Waals surface area contributed by atoms with Crippen LogP contribution in [0.4, 0.5) is 0 Å². The van der Waals surface area contributed by atoms with Crippen molar-refractivity contribution in [1.82, 2.24) is 6.15 Å². The summed E-state index contributed by atoms with van der Waals surface area (Å²) in [7, 11) is 0. The lowest BCUT2D eigenvalue weighted by Gasteiger charge is -1.67. The van der Waals surface area contributed by atoms with E-state index in [1.165, 1.54) is 0 Å². The third kappa shape index (κ3) is 5.88. The van der Waals surface area contributed by atoms with Gasteiger partial charge in [-0.1, -0.05) is 0 Å². The molecule has 0 atom stereocenters. The van der Waals surface area contributed by atoms with Gasteiger partial charge in [-0.2, -0.15) is 0 Å². The predicted octanol–water partition coefficient (Wildman–Crippen LogP) is 0.679. The maximum absolute atomic E-state index is 9.43. The van der Waals surface area contributed by atoms with Gasteiger partial charge in [-0.15, -0.1) is 0 Å². The molecule has 7 heavy (non-hydrogen) atoms. The molecule has 0 aromatic rings. The molecular formula is C2H3Cl2NO2. The van der Waals surface area contributed by atoms with E-state index >= 15 is 0 Å². The second-order valence-electron chi connectivity index (χ2n) is 0.547. The fourth-order valence-corrected chi connectivity index (χ4v) is 0. The van der Waals surface area contributed by atoms with E-state index in [0.717, 1.165) is 0 Å². The Morgan fingerprint density at radius 2 is 1.14 bits per heavy atom. The highest BCUT2D eigenvalue weighted by Crippen LogP contribution is 1.84. The summed E-state index contributed by atoms with van der Waals surface area (Å²) in [5.74, 6) is 0. The Morgan fingerprint density at radius 1 is 1.00 bits per heavy atom. The Hall–Kier alpha value is -0.120. The minimum atomic E-state index is -1.14. The van der Waals surface area contributed by atoms with Crippen molar-refractivity contribution in [2.75, 3.05) is 0 Å². The Bertz CT molecular complexity index is 79.7. The zero-order valence-electron chi connectivity index (χ0n) is 3.28. The number of rotatable bonds is 1. The Kier molecular flexibility index (Phi) is 5.78. The van der Waals surface area contributed by atoms with Gasteiger partial charge in [0.1, 0.15) is 0 Å². The Morgan fingerprint density at radius 3 is 1.14 bits per heavy atom. The van der Waals surface area contributed by atoms with E-state index in [2.05, 4.69) is 23.2 Å². The third-order valence-electron chi connectivity index (χ3n) is 0.155. The predicted molar refractivity (Wildman–Crippen MR) is 26.7 cm³/mol. The minimum absolute atomic E-state index is 0. The zero-order valence-corrected chi connectivity index (χ0v) is 4.79. The van der Waals surface area contributed by atoms with Crippen molar-refractivity contribution in [1.29, 1.82) is 0 Å². The molecule has 0 aromatic heterocycles. The molecule has 3 nitrogen and oxygen atoms in total. The highest BCUT2D eigenvalue weighted by Gasteiger charge is 2.01. The molecule has 0 aromatic carbocycles. The molecule has 0 unspecified atom stereocenters. The molecule has 5 heteroatoms. The van der Waals surface area contributed by atoms with Gasteiger partial charge in [0.2, 0.25) is 0 Å². The topological polar surface area (TPSA) is 69.1 Å². The number of halogens is 2. The highest BCUT2D eigenvalue weighted by atomic mass is 35.5. The van der Waals surface area contributed by atoms with Crippen LogP contribution in [0.2, 0.25) is 0 Å². The maximum atomic E-state index is 9.43. The summed E-state index contributed by atoms with van der Waals surface area (Å²) >= 11 is 8.98. The van der Waals surface area contributed by atoms with Crippen molar-refractivity contribution in [3.05, 3.63) is 0 Å². The van der Waals surface area contributed by atoms with Crippen LogP contribution < -0.4 is 6.15 Å². The molecule has 0 amide bonds. The number of hydrogen-bond donors (Lipinski definition) is 1. The molecular weight excluding hydrogens is 141 g/mol. The number of carbonyl (C=O) groups is 2. The average molecular weight is 144 g/mol. The SMILES string of the molecule is N.O=C(Cl)C(=O)Cl. The van der Waals surface area contributed by atoms with Crippen molar-refractivity contribution in [3.8, 4) is 0 Å². The zero-order chi connectivity index (χ0) is 5.15. The van der Waals surface area contributed by atoms with Crippen molar-refractivity contribution in [3.63, 3.8) is 0 Å². The average Bonchev–Trinajstić information content (AvgIpc) is 1.36. The lowest BCUT2D eigenvalue weighted by molar-refractivity contribution is -0.127. The second-order valence-corrected chi connectivity index (χ2v) is 1.23. The molecule has 0 saturated carbocycles. The molecule has 0 aliphatic carbocycles. The summed E-state index contributed by atoms with van der Waals surface area (Å²) in [4.78, 5) is 18.9. The van der Waals surface area contributed by atoms with Crippen molar-refractivity contribution >= 4 is 33.7 Å². The Labute approximate surface area is 50.2 Å². The lowest BCUT2D eigenvalue weighted by Crippen LogP contribution is -1.94. The third-order valence-corrected chi connectivity index (χ3v) is 0.595. The first-order valence-electron chi connectivity index (χ1n) is 1.04. The standard InChI is InChI=1S/C2Cl2O2.H3N/c3-1(5)2(4)6;/h;1H3. The normalized spacial score (nSPS) is 6.57. The van der Waals surface area contributed by atoms with Gasteiger partial charge >= 0.3 is 10.5 Å². The quantitative estimate of drug-likeness (QED) is 0.434. The van der Waals surface area contributed by atoms with Gasteiger partial charge < -0.3 is 6.15 Å². The van der Waals surface area contributed by atoms with Gasteiger partial charge in [-0.25, -0.2) is 0 Å². The van der Waals surface area contributed by atoms with Gasteiger partial charge in [0, 0.05) is 0 Å². The molecule has 0 spiro atoms. The summed E-state index contributed by atoms with van der Waals surface area (Å²) in [5, 5.41) is -2.28. The van der Waals surface area contributed by atoms with Gasteiger partial charge in [0.15, 0.2) is 0 Å². The molecule has 0 aliphatic heterocycles. The summed E-state index contributed by atoms with van der Waals surface area (Å²) in [6.07, 6.45) is 0. The van der Waals surface area contributed by atoms with Crippen LogP contribution in [0.15, 0.2) is 0 Å². The van der Waals surface area contributed by atoms with Crippen molar-refractivity contribution in [2.45, 2.75) is 0 Å². The summed E-state index contributed by atoms with van der Waals surface area (Å²) < 4.78 is 0. The fraction of sp³-hybridized carbons (Fsp3) is 0. The summed E-state index contributed by atoms with van der Waals surface area (Å²) in [6.45, 7) is 0. The van der Waals surface area contributed by atoms with Gasteiger partial charge in [0.05, 0.1) is 0 Å². The highest BCUT2D eigenvalue weighted by molar-refractivity contribution is 6.97. The monoisotopic (exact) mass is 143 g/mol. The van der Waals surface area contributed by atoms with E-state index < -0.39 is 10.5 Å². The lowest BCUT2D eigenvalue weighted by atomic mass is 10.9. The van der Waals surface area contributed by atoms with Crippen LogP contribution in [-0.2, 0) is 9.59 Å². The number of carbonyl (C=O) groups excluding carboxylic acids is 2. The van der Waals surface area contributed by atoms with Crippen LogP contribution in [0.5, 0.6) is 0 Å². The molecule has 0 heterocycles. The smallest absolute Gasteiger partial charge is 0.304 e. The Balaban J connectivity index is 0. The first kappa shape index (κ1) is 9.99. The molecule has 0 fully saturated rings. The van der Waals surface area contributed by atoms with E-state index in [0.29, 0.717) is 0 Å². The maximum Gasteiger partial charge on any atom is 0.304 e. The van der Waals surface area contributed by atoms with Crippen molar-refractivity contribution < 1.29 is 9.59 Å². The molecule has 0 rings (SSSR count). The van der Waals surface area contributed by atoms with E-state index in [1.807, 2.05) is 0 Å². The van der Waals surface area contributed by atoms with Crippen LogP contribution in [0.3, 0.4) is 0 Å². The molecule has 0 aliphatic rings. The van der Waals surface area contributed by atoms with Crippen LogP contribution in [0.1, 0.15) is 0 Å². The number of hydrogen-bond acceptors (Lipinski definition) is 3. The molecule has 0 radical (unpaired) electrons. The van der Waals surface area contributed by atoms with Gasteiger partial charge in [0.25, 0.3) is 0 Å². The van der Waals surface area contributed by atoms with Crippen LogP contribution in [0.25, 0.3) is 0 Å². The first-order valence-corrected chi connectivity index (χ1v) is 1.79. The molecule has 42 valence electrons. The van der Waals surface area contributed by atoms with Gasteiger partial charge in [-0.05, 0) is 23.2 Å². The van der Waals surface area contributed by atoms with E-state index in [-0.39, 0.29) is 6.15 Å².